The molecule has 1 aromatic carbocycles. The molecule has 0 unspecified atom stereocenters. The number of anilines is 1. The lowest BCUT2D eigenvalue weighted by atomic mass is 10.0. The quantitative estimate of drug-likeness (QED) is 0.744. The molecule has 96 valence electrons. The lowest BCUT2D eigenvalue weighted by molar-refractivity contribution is 0.632. The number of nitrogen functional groups attached to an aromatic ring is 1. The fourth-order valence-corrected chi connectivity index (χ4v) is 2.83. The molecule has 0 aliphatic heterocycles. The maximum absolute atomic E-state index is 14.1. The van der Waals surface area contributed by atoms with Gasteiger partial charge in [0.15, 0.2) is 5.82 Å². The zero-order valence-corrected chi connectivity index (χ0v) is 11.2. The number of halogens is 2. The van der Waals surface area contributed by atoms with Crippen LogP contribution in [0.1, 0.15) is 0 Å². The third-order valence-electron chi connectivity index (χ3n) is 2.78. The van der Waals surface area contributed by atoms with E-state index in [1.165, 1.54) is 17.4 Å². The van der Waals surface area contributed by atoms with Crippen molar-refractivity contribution in [1.82, 2.24) is 10.2 Å². The summed E-state index contributed by atoms with van der Waals surface area (Å²) in [6, 6.07) is 8.66. The van der Waals surface area contributed by atoms with Crippen LogP contribution in [0.15, 0.2) is 35.7 Å². The van der Waals surface area contributed by atoms with Gasteiger partial charge in [-0.25, -0.2) is 4.39 Å². The number of rotatable bonds is 2. The van der Waals surface area contributed by atoms with Crippen LogP contribution >= 0.6 is 22.9 Å². The summed E-state index contributed by atoms with van der Waals surface area (Å²) in [5, 5.41) is 8.82. The number of thiophene rings is 1. The summed E-state index contributed by atoms with van der Waals surface area (Å²) in [5.74, 6) is -0.236. The molecule has 0 radical (unpaired) electrons. The van der Waals surface area contributed by atoms with Gasteiger partial charge in [-0.3, -0.25) is 5.10 Å². The van der Waals surface area contributed by atoms with E-state index in [9.17, 15) is 4.39 Å². The first-order valence-electron chi connectivity index (χ1n) is 5.50. The van der Waals surface area contributed by atoms with E-state index in [1.807, 2.05) is 17.5 Å². The molecule has 6 heteroatoms. The fourth-order valence-electron chi connectivity index (χ4n) is 1.92. The largest absolute Gasteiger partial charge is 0.382 e. The van der Waals surface area contributed by atoms with Crippen LogP contribution in [0.25, 0.3) is 21.7 Å². The van der Waals surface area contributed by atoms with Gasteiger partial charge in [0.1, 0.15) is 5.82 Å². The molecule has 0 bridgehead atoms. The number of aromatic amines is 1. The molecule has 3 rings (SSSR count). The Kier molecular flexibility index (Phi) is 3.00. The van der Waals surface area contributed by atoms with E-state index in [0.29, 0.717) is 16.8 Å². The van der Waals surface area contributed by atoms with E-state index >= 15 is 0 Å². The van der Waals surface area contributed by atoms with E-state index in [4.69, 9.17) is 17.3 Å². The Morgan fingerprint density at radius 1 is 1.26 bits per heavy atom. The van der Waals surface area contributed by atoms with Crippen molar-refractivity contribution in [2.45, 2.75) is 0 Å². The van der Waals surface area contributed by atoms with Crippen LogP contribution < -0.4 is 5.73 Å². The maximum atomic E-state index is 14.1. The van der Waals surface area contributed by atoms with Gasteiger partial charge >= 0.3 is 0 Å². The first-order valence-corrected chi connectivity index (χ1v) is 6.76. The van der Waals surface area contributed by atoms with E-state index in [2.05, 4.69) is 10.2 Å². The summed E-state index contributed by atoms with van der Waals surface area (Å²) in [7, 11) is 0. The van der Waals surface area contributed by atoms with Crippen LogP contribution in [0, 0.1) is 5.82 Å². The third-order valence-corrected chi connectivity index (χ3v) is 3.96. The van der Waals surface area contributed by atoms with Gasteiger partial charge in [-0.15, -0.1) is 11.3 Å². The number of benzene rings is 1. The molecule has 0 aliphatic rings. The number of hydrogen-bond donors (Lipinski definition) is 2. The number of nitrogens with one attached hydrogen (secondary N) is 1. The molecule has 0 spiro atoms. The van der Waals surface area contributed by atoms with Crippen molar-refractivity contribution in [1.29, 1.82) is 0 Å². The normalized spacial score (nSPS) is 10.8. The number of nitrogens with two attached hydrogens (primary N) is 1. The smallest absolute Gasteiger partial charge is 0.153 e. The summed E-state index contributed by atoms with van der Waals surface area (Å²) in [5.41, 5.74) is 7.45. The number of nitrogens with zero attached hydrogens (tertiary/aromatic N) is 1. The molecule has 2 aromatic heterocycles. The number of aromatic nitrogens is 2. The Morgan fingerprint density at radius 2 is 2.11 bits per heavy atom. The second-order valence-electron chi connectivity index (χ2n) is 3.94. The summed E-state index contributed by atoms with van der Waals surface area (Å²) in [4.78, 5) is 0.943. The minimum absolute atomic E-state index is 0.0650. The third kappa shape index (κ3) is 2.01. The minimum Gasteiger partial charge on any atom is -0.382 e. The van der Waals surface area contributed by atoms with Crippen molar-refractivity contribution < 1.29 is 4.39 Å². The standard InChI is InChI=1S/C13H9ClFN3S/c14-8-4-1-3-7(11(8)15)10-12(17-18-13(10)16)9-5-2-6-19-9/h1-6H,(H3,16,17,18). The van der Waals surface area contributed by atoms with Gasteiger partial charge in [-0.05, 0) is 17.5 Å². The zero-order valence-electron chi connectivity index (χ0n) is 9.65. The Bertz CT molecular complexity index is 722. The van der Waals surface area contributed by atoms with Crippen molar-refractivity contribution in [3.05, 3.63) is 46.6 Å². The molecule has 0 atom stereocenters. The van der Waals surface area contributed by atoms with Gasteiger partial charge in [0.25, 0.3) is 0 Å². The molecule has 2 heterocycles. The highest BCUT2D eigenvalue weighted by Crippen LogP contribution is 2.38. The van der Waals surface area contributed by atoms with Crippen LogP contribution in [-0.2, 0) is 0 Å². The lowest BCUT2D eigenvalue weighted by Crippen LogP contribution is -1.91. The fraction of sp³-hybridized carbons (Fsp3) is 0. The highest BCUT2D eigenvalue weighted by Gasteiger charge is 2.19. The molecule has 0 saturated heterocycles. The summed E-state index contributed by atoms with van der Waals surface area (Å²) < 4.78 is 14.1. The molecule has 3 N–H and O–H groups in total. The van der Waals surface area contributed by atoms with Crippen molar-refractivity contribution in [3.63, 3.8) is 0 Å². The Morgan fingerprint density at radius 3 is 2.84 bits per heavy atom. The van der Waals surface area contributed by atoms with Crippen molar-refractivity contribution in [2.24, 2.45) is 0 Å². The molecule has 3 aromatic rings. The SMILES string of the molecule is Nc1n[nH]c(-c2cccs2)c1-c1cccc(Cl)c1F. The average molecular weight is 294 g/mol. The second kappa shape index (κ2) is 4.68. The van der Waals surface area contributed by atoms with Gasteiger partial charge in [0.2, 0.25) is 0 Å². The molecule has 0 fully saturated rings. The molecule has 0 saturated carbocycles. The predicted octanol–water partition coefficient (Wildman–Crippen LogP) is 4.18. The second-order valence-corrected chi connectivity index (χ2v) is 5.29. The lowest BCUT2D eigenvalue weighted by Gasteiger charge is -2.05. The summed E-state index contributed by atoms with van der Waals surface area (Å²) in [6.45, 7) is 0. The Balaban J connectivity index is 2.26. The molecule has 3 nitrogen and oxygen atoms in total. The summed E-state index contributed by atoms with van der Waals surface area (Å²) >= 11 is 7.34. The molecule has 0 amide bonds. The van der Waals surface area contributed by atoms with Crippen LogP contribution in [0.2, 0.25) is 5.02 Å². The van der Waals surface area contributed by atoms with Crippen LogP contribution in [-0.4, -0.2) is 10.2 Å². The Labute approximate surface area is 117 Å². The van der Waals surface area contributed by atoms with Crippen LogP contribution in [0.5, 0.6) is 0 Å². The topological polar surface area (TPSA) is 54.7 Å². The highest BCUT2D eigenvalue weighted by atomic mass is 35.5. The summed E-state index contributed by atoms with van der Waals surface area (Å²) in [6.07, 6.45) is 0. The van der Waals surface area contributed by atoms with Gasteiger partial charge in [-0.1, -0.05) is 29.8 Å². The van der Waals surface area contributed by atoms with Gasteiger partial charge < -0.3 is 5.73 Å². The van der Waals surface area contributed by atoms with Gasteiger partial charge in [-0.2, -0.15) is 5.10 Å². The highest BCUT2D eigenvalue weighted by molar-refractivity contribution is 7.13. The Hall–Kier alpha value is -1.85. The van der Waals surface area contributed by atoms with Crippen molar-refractivity contribution in [2.75, 3.05) is 5.73 Å². The van der Waals surface area contributed by atoms with E-state index in [0.717, 1.165) is 4.88 Å². The maximum Gasteiger partial charge on any atom is 0.153 e. The molecule has 19 heavy (non-hydrogen) atoms. The first-order chi connectivity index (χ1) is 9.18. The van der Waals surface area contributed by atoms with Crippen LogP contribution in [0.3, 0.4) is 0 Å². The monoisotopic (exact) mass is 293 g/mol. The first kappa shape index (κ1) is 12.2. The zero-order chi connectivity index (χ0) is 13.4. The van der Waals surface area contributed by atoms with E-state index < -0.39 is 5.82 Å². The van der Waals surface area contributed by atoms with E-state index in [-0.39, 0.29) is 10.8 Å². The number of H-pyrrole nitrogens is 1. The minimum atomic E-state index is -0.491. The number of hydrogen-bond acceptors (Lipinski definition) is 3. The predicted molar refractivity (Wildman–Crippen MR) is 76.7 cm³/mol. The van der Waals surface area contributed by atoms with Crippen LogP contribution in [0.4, 0.5) is 10.2 Å². The van der Waals surface area contributed by atoms with Gasteiger partial charge in [0, 0.05) is 5.56 Å². The molecular formula is C13H9ClFN3S. The van der Waals surface area contributed by atoms with Gasteiger partial charge in [0.05, 0.1) is 21.2 Å². The van der Waals surface area contributed by atoms with Crippen molar-refractivity contribution >= 4 is 28.8 Å². The molecule has 0 aliphatic carbocycles. The average Bonchev–Trinajstić information content (AvgIpc) is 3.02. The van der Waals surface area contributed by atoms with E-state index in [1.54, 1.807) is 12.1 Å². The van der Waals surface area contributed by atoms with Crippen molar-refractivity contribution in [3.8, 4) is 21.7 Å². The molecular weight excluding hydrogens is 285 g/mol.